The largest absolute Gasteiger partial charge is 0.495 e. The molecular formula is C25H31N5O3. The number of aryl methyl sites for hydroxylation is 1. The molecule has 3 aromatic rings. The van der Waals surface area contributed by atoms with Gasteiger partial charge in [-0.1, -0.05) is 6.07 Å². The summed E-state index contributed by atoms with van der Waals surface area (Å²) in [5.41, 5.74) is 5.15. The monoisotopic (exact) mass is 449 g/mol. The number of amides is 1. The summed E-state index contributed by atoms with van der Waals surface area (Å²) in [4.78, 5) is 14.0. The van der Waals surface area contributed by atoms with Gasteiger partial charge in [0.2, 0.25) is 5.91 Å². The Kier molecular flexibility index (Phi) is 5.85. The van der Waals surface area contributed by atoms with Crippen molar-refractivity contribution in [2.45, 2.75) is 26.4 Å². The number of aromatic nitrogens is 2. The number of ether oxygens (including phenoxy) is 2. The average molecular weight is 450 g/mol. The molecule has 2 saturated heterocycles. The highest BCUT2D eigenvalue weighted by Gasteiger charge is 2.28. The molecular weight excluding hydrogens is 418 g/mol. The lowest BCUT2D eigenvalue weighted by molar-refractivity contribution is -0.119. The second-order valence-electron chi connectivity index (χ2n) is 8.93. The fourth-order valence-corrected chi connectivity index (χ4v) is 4.76. The van der Waals surface area contributed by atoms with Crippen LogP contribution >= 0.6 is 0 Å². The normalized spacial score (nSPS) is 19.5. The highest BCUT2D eigenvalue weighted by atomic mass is 16.5. The van der Waals surface area contributed by atoms with E-state index in [1.165, 1.54) is 0 Å². The molecule has 8 nitrogen and oxygen atoms in total. The Morgan fingerprint density at radius 2 is 1.94 bits per heavy atom. The van der Waals surface area contributed by atoms with Crippen molar-refractivity contribution in [1.82, 2.24) is 20.2 Å². The molecule has 0 bridgehead atoms. The van der Waals surface area contributed by atoms with Crippen molar-refractivity contribution in [2.24, 2.45) is 5.92 Å². The van der Waals surface area contributed by atoms with Crippen molar-refractivity contribution in [3.63, 3.8) is 0 Å². The molecule has 0 spiro atoms. The molecule has 0 saturated carbocycles. The van der Waals surface area contributed by atoms with Gasteiger partial charge in [-0.25, -0.2) is 4.52 Å². The number of hydrogen-bond acceptors (Lipinski definition) is 6. The predicted octanol–water partition coefficient (Wildman–Crippen LogP) is 2.63. The number of hydrogen-bond donors (Lipinski definition) is 2. The first kappa shape index (κ1) is 21.6. The Labute approximate surface area is 193 Å². The second kappa shape index (κ2) is 8.94. The van der Waals surface area contributed by atoms with Crippen LogP contribution in [0.15, 0.2) is 36.7 Å². The van der Waals surface area contributed by atoms with E-state index in [4.69, 9.17) is 9.47 Å². The lowest BCUT2D eigenvalue weighted by atomic mass is 10.0. The molecule has 2 aliphatic rings. The van der Waals surface area contributed by atoms with Crippen molar-refractivity contribution in [3.05, 3.63) is 42.2 Å². The van der Waals surface area contributed by atoms with Crippen molar-refractivity contribution in [1.29, 1.82) is 0 Å². The third kappa shape index (κ3) is 4.23. The van der Waals surface area contributed by atoms with E-state index < -0.39 is 0 Å². The number of fused-ring (bicyclic) bond motifs is 1. The van der Waals surface area contributed by atoms with E-state index in [1.54, 1.807) is 7.11 Å². The number of nitrogens with one attached hydrogen (secondary N) is 2. The molecule has 4 heterocycles. The molecule has 5 rings (SSSR count). The number of benzene rings is 1. The highest BCUT2D eigenvalue weighted by Crippen LogP contribution is 2.36. The summed E-state index contributed by atoms with van der Waals surface area (Å²) in [5.74, 6) is 1.88. The molecule has 1 unspecified atom stereocenters. The van der Waals surface area contributed by atoms with E-state index in [0.29, 0.717) is 13.0 Å². The quantitative estimate of drug-likeness (QED) is 0.602. The first-order chi connectivity index (χ1) is 16.0. The molecule has 2 aromatic heterocycles. The van der Waals surface area contributed by atoms with Crippen molar-refractivity contribution >= 4 is 17.1 Å². The highest BCUT2D eigenvalue weighted by molar-refractivity contribution is 5.78. The fourth-order valence-electron chi connectivity index (χ4n) is 4.76. The molecule has 1 aromatic carbocycles. The SMILES string of the molecule is COc1cc(-c2cc(O[C@H](C)C3CNC(=O)C3)c3c(C)cnn3c2)ccc1N1CCNCC1. The van der Waals surface area contributed by atoms with Crippen LogP contribution in [0.25, 0.3) is 16.6 Å². The first-order valence-corrected chi connectivity index (χ1v) is 11.6. The third-order valence-electron chi connectivity index (χ3n) is 6.72. The topological polar surface area (TPSA) is 80.1 Å². The van der Waals surface area contributed by atoms with Crippen LogP contribution < -0.4 is 25.0 Å². The van der Waals surface area contributed by atoms with Gasteiger partial charge in [-0.05, 0) is 43.2 Å². The van der Waals surface area contributed by atoms with Gasteiger partial charge in [0, 0.05) is 56.8 Å². The smallest absolute Gasteiger partial charge is 0.220 e. The summed E-state index contributed by atoms with van der Waals surface area (Å²) in [6, 6.07) is 8.42. The van der Waals surface area contributed by atoms with E-state index in [1.807, 2.05) is 30.8 Å². The zero-order valence-electron chi connectivity index (χ0n) is 19.4. The minimum atomic E-state index is -0.0954. The number of methoxy groups -OCH3 is 1. The first-order valence-electron chi connectivity index (χ1n) is 11.6. The Balaban J connectivity index is 1.50. The maximum absolute atomic E-state index is 11.7. The number of rotatable bonds is 6. The van der Waals surface area contributed by atoms with E-state index in [9.17, 15) is 4.79 Å². The molecule has 0 aliphatic carbocycles. The maximum atomic E-state index is 11.7. The van der Waals surface area contributed by atoms with Gasteiger partial charge in [0.05, 0.1) is 19.0 Å². The van der Waals surface area contributed by atoms with Crippen LogP contribution in [0.4, 0.5) is 5.69 Å². The average Bonchev–Trinajstić information content (AvgIpc) is 3.45. The van der Waals surface area contributed by atoms with Crippen LogP contribution in [0, 0.1) is 12.8 Å². The van der Waals surface area contributed by atoms with Crippen LogP contribution in [0.5, 0.6) is 11.5 Å². The molecule has 174 valence electrons. The molecule has 8 heteroatoms. The van der Waals surface area contributed by atoms with Gasteiger partial charge in [0.15, 0.2) is 0 Å². The zero-order valence-corrected chi connectivity index (χ0v) is 19.4. The van der Waals surface area contributed by atoms with Gasteiger partial charge in [-0.2, -0.15) is 5.10 Å². The van der Waals surface area contributed by atoms with Gasteiger partial charge < -0.3 is 25.0 Å². The minimum absolute atomic E-state index is 0.0894. The molecule has 1 amide bonds. The zero-order chi connectivity index (χ0) is 22.9. The Hall–Kier alpha value is -3.26. The van der Waals surface area contributed by atoms with Crippen molar-refractivity contribution in [3.8, 4) is 22.6 Å². The summed E-state index contributed by atoms with van der Waals surface area (Å²) >= 11 is 0. The standard InChI is InChI=1S/C25H31N5O3/c1-16-13-28-30-15-20(11-23(25(16)30)33-17(2)19-12-24(31)27-14-19)18-4-5-21(22(10-18)32-3)29-8-6-26-7-9-29/h4-5,10-11,13,15,17,19,26H,6-9,12,14H2,1-3H3,(H,27,31)/t17-,19?/m1/s1. The Morgan fingerprint density at radius 3 is 2.67 bits per heavy atom. The lowest BCUT2D eigenvalue weighted by Crippen LogP contribution is -2.43. The number of anilines is 1. The van der Waals surface area contributed by atoms with Crippen LogP contribution in [0.2, 0.25) is 0 Å². The van der Waals surface area contributed by atoms with E-state index in [-0.39, 0.29) is 17.9 Å². The van der Waals surface area contributed by atoms with Crippen molar-refractivity contribution in [2.75, 3.05) is 44.7 Å². The molecule has 2 N–H and O–H groups in total. The van der Waals surface area contributed by atoms with E-state index in [2.05, 4.69) is 44.9 Å². The third-order valence-corrected chi connectivity index (χ3v) is 6.72. The van der Waals surface area contributed by atoms with Crippen LogP contribution in [0.1, 0.15) is 18.9 Å². The van der Waals surface area contributed by atoms with Crippen LogP contribution in [-0.2, 0) is 4.79 Å². The van der Waals surface area contributed by atoms with Crippen molar-refractivity contribution < 1.29 is 14.3 Å². The molecule has 33 heavy (non-hydrogen) atoms. The minimum Gasteiger partial charge on any atom is -0.495 e. The van der Waals surface area contributed by atoms with Gasteiger partial charge >= 0.3 is 0 Å². The van der Waals surface area contributed by atoms with Gasteiger partial charge in [-0.15, -0.1) is 0 Å². The van der Waals surface area contributed by atoms with E-state index >= 15 is 0 Å². The summed E-state index contributed by atoms with van der Waals surface area (Å²) in [7, 11) is 1.72. The summed E-state index contributed by atoms with van der Waals surface area (Å²) < 4.78 is 14.1. The van der Waals surface area contributed by atoms with Gasteiger partial charge in [-0.3, -0.25) is 4.79 Å². The summed E-state index contributed by atoms with van der Waals surface area (Å²) in [6.07, 6.45) is 4.28. The number of carbonyl (C=O) groups excluding carboxylic acids is 1. The Bertz CT molecular complexity index is 1170. The number of nitrogens with zero attached hydrogens (tertiary/aromatic N) is 3. The molecule has 2 fully saturated rings. The molecule has 2 aliphatic heterocycles. The van der Waals surface area contributed by atoms with E-state index in [0.717, 1.165) is 65.6 Å². The molecule has 0 radical (unpaired) electrons. The number of pyridine rings is 1. The second-order valence-corrected chi connectivity index (χ2v) is 8.93. The summed E-state index contributed by atoms with van der Waals surface area (Å²) in [5, 5.41) is 10.8. The maximum Gasteiger partial charge on any atom is 0.220 e. The Morgan fingerprint density at radius 1 is 1.15 bits per heavy atom. The van der Waals surface area contributed by atoms with Gasteiger partial charge in [0.25, 0.3) is 0 Å². The van der Waals surface area contributed by atoms with Gasteiger partial charge in [0.1, 0.15) is 23.1 Å². The summed E-state index contributed by atoms with van der Waals surface area (Å²) in [6.45, 7) is 8.59. The fraction of sp³-hybridized carbons (Fsp3) is 0.440. The van der Waals surface area contributed by atoms with Crippen LogP contribution in [0.3, 0.4) is 0 Å². The lowest BCUT2D eigenvalue weighted by Gasteiger charge is -2.30. The number of piperazine rings is 1. The number of carbonyl (C=O) groups is 1. The predicted molar refractivity (Wildman–Crippen MR) is 128 cm³/mol. The molecule has 2 atom stereocenters. The van der Waals surface area contributed by atoms with Crippen LogP contribution in [-0.4, -0.2) is 61.5 Å².